The Kier molecular flexibility index (Phi) is 5.86. The number of non-ortho nitro benzene ring substituents is 1. The van der Waals surface area contributed by atoms with E-state index < -0.39 is 16.1 Å². The smallest absolute Gasteiger partial charge is 0.293 e. The van der Waals surface area contributed by atoms with Gasteiger partial charge in [-0.1, -0.05) is 35.3 Å². The first-order valence-corrected chi connectivity index (χ1v) is 10.5. The number of nitro benzene ring substituents is 1. The Hall–Kier alpha value is -3.07. The number of aromatic nitrogens is 1. The predicted molar refractivity (Wildman–Crippen MR) is 120 cm³/mol. The van der Waals surface area contributed by atoms with Gasteiger partial charge in [0.15, 0.2) is 0 Å². The summed E-state index contributed by atoms with van der Waals surface area (Å²) in [6.07, 6.45) is 3.32. The summed E-state index contributed by atoms with van der Waals surface area (Å²) in [7, 11) is 0. The van der Waals surface area contributed by atoms with Crippen molar-refractivity contribution < 1.29 is 14.5 Å². The first kappa shape index (κ1) is 21.2. The zero-order chi connectivity index (χ0) is 22.1. The van der Waals surface area contributed by atoms with E-state index in [-0.39, 0.29) is 17.1 Å². The molecule has 0 bridgehead atoms. The van der Waals surface area contributed by atoms with Gasteiger partial charge in [-0.15, -0.1) is 0 Å². The van der Waals surface area contributed by atoms with Crippen LogP contribution in [0.15, 0.2) is 65.7 Å². The van der Waals surface area contributed by atoms with Gasteiger partial charge in [0.05, 0.1) is 22.1 Å². The Morgan fingerprint density at radius 3 is 2.61 bits per heavy atom. The molecular formula is C21H13Cl2N3O4S. The summed E-state index contributed by atoms with van der Waals surface area (Å²) >= 11 is 12.9. The normalized spacial score (nSPS) is 15.2. The lowest BCUT2D eigenvalue weighted by Crippen LogP contribution is -2.27. The zero-order valence-corrected chi connectivity index (χ0v) is 18.0. The second-order valence-electron chi connectivity index (χ2n) is 6.58. The van der Waals surface area contributed by atoms with Crippen LogP contribution in [0.2, 0.25) is 10.0 Å². The zero-order valence-electron chi connectivity index (χ0n) is 15.7. The van der Waals surface area contributed by atoms with Crippen LogP contribution in [0.25, 0.3) is 11.8 Å². The summed E-state index contributed by atoms with van der Waals surface area (Å²) in [5.41, 5.74) is 1.74. The van der Waals surface area contributed by atoms with Crippen LogP contribution in [0.1, 0.15) is 11.3 Å². The van der Waals surface area contributed by atoms with Crippen LogP contribution >= 0.6 is 35.0 Å². The molecule has 7 nitrogen and oxygen atoms in total. The minimum Gasteiger partial charge on any atom is -0.317 e. The van der Waals surface area contributed by atoms with Crippen LogP contribution in [-0.4, -0.2) is 25.5 Å². The second-order valence-corrected chi connectivity index (χ2v) is 8.42. The Morgan fingerprint density at radius 2 is 1.87 bits per heavy atom. The molecule has 2 aromatic carbocycles. The highest BCUT2D eigenvalue weighted by Gasteiger charge is 2.35. The molecule has 10 heteroatoms. The maximum Gasteiger partial charge on any atom is 0.293 e. The van der Waals surface area contributed by atoms with Crippen LogP contribution in [0.4, 0.5) is 10.5 Å². The molecule has 2 heterocycles. The molecule has 0 saturated carbocycles. The Labute approximate surface area is 191 Å². The van der Waals surface area contributed by atoms with Gasteiger partial charge >= 0.3 is 0 Å². The van der Waals surface area contributed by atoms with Gasteiger partial charge in [0.1, 0.15) is 0 Å². The minimum atomic E-state index is -0.472. The van der Waals surface area contributed by atoms with Crippen molar-refractivity contribution in [3.63, 3.8) is 0 Å². The number of nitro groups is 1. The van der Waals surface area contributed by atoms with Crippen molar-refractivity contribution in [3.05, 3.63) is 97.1 Å². The van der Waals surface area contributed by atoms with Crippen LogP contribution in [0.3, 0.4) is 0 Å². The molecule has 156 valence electrons. The van der Waals surface area contributed by atoms with Crippen molar-refractivity contribution in [1.82, 2.24) is 9.47 Å². The molecule has 1 aliphatic rings. The molecule has 0 spiro atoms. The van der Waals surface area contributed by atoms with Gasteiger partial charge in [-0.3, -0.25) is 24.6 Å². The Balaban J connectivity index is 1.62. The van der Waals surface area contributed by atoms with Gasteiger partial charge in [0, 0.05) is 34.1 Å². The number of amides is 2. The summed E-state index contributed by atoms with van der Waals surface area (Å²) < 4.78 is 1.71. The molecule has 2 amide bonds. The standard InChI is InChI=1S/C21H13Cl2N3O4S/c22-14-7-6-13(18(23)9-14)12-25-20(27)19(31-21(25)28)11-16-5-2-8-24(16)15-3-1-4-17(10-15)26(29)30/h1-11H,12H2/b19-11-. The van der Waals surface area contributed by atoms with E-state index in [4.69, 9.17) is 23.2 Å². The first-order chi connectivity index (χ1) is 14.8. The summed E-state index contributed by atoms with van der Waals surface area (Å²) in [6, 6.07) is 14.5. The molecule has 0 radical (unpaired) electrons. The van der Waals surface area contributed by atoms with Crippen LogP contribution < -0.4 is 0 Å². The molecule has 31 heavy (non-hydrogen) atoms. The largest absolute Gasteiger partial charge is 0.317 e. The van der Waals surface area contributed by atoms with Crippen molar-refractivity contribution in [2.75, 3.05) is 0 Å². The lowest BCUT2D eigenvalue weighted by molar-refractivity contribution is -0.384. The number of halogens is 2. The van der Waals surface area contributed by atoms with E-state index in [2.05, 4.69) is 0 Å². The molecular weight excluding hydrogens is 461 g/mol. The summed E-state index contributed by atoms with van der Waals surface area (Å²) in [4.78, 5) is 37.3. The molecule has 1 aliphatic heterocycles. The number of thioether (sulfide) groups is 1. The van der Waals surface area contributed by atoms with Crippen molar-refractivity contribution in [2.24, 2.45) is 0 Å². The Morgan fingerprint density at radius 1 is 1.06 bits per heavy atom. The number of benzene rings is 2. The van der Waals surface area contributed by atoms with Gasteiger partial charge < -0.3 is 4.57 Å². The van der Waals surface area contributed by atoms with Crippen molar-refractivity contribution in [2.45, 2.75) is 6.54 Å². The van der Waals surface area contributed by atoms with Gasteiger partial charge in [-0.25, -0.2) is 0 Å². The number of imide groups is 1. The lowest BCUT2D eigenvalue weighted by atomic mass is 10.2. The number of carbonyl (C=O) groups excluding carboxylic acids is 2. The topological polar surface area (TPSA) is 85.5 Å². The minimum absolute atomic E-state index is 0.0316. The fraction of sp³-hybridized carbons (Fsp3) is 0.0476. The first-order valence-electron chi connectivity index (χ1n) is 8.95. The second kappa shape index (κ2) is 8.58. The SMILES string of the molecule is O=C1S/C(=C\c2cccn2-c2cccc([N+](=O)[O-])c2)C(=O)N1Cc1ccc(Cl)cc1Cl. The highest BCUT2D eigenvalue weighted by Crippen LogP contribution is 2.35. The highest BCUT2D eigenvalue weighted by atomic mass is 35.5. The van der Waals surface area contributed by atoms with E-state index in [1.807, 2.05) is 0 Å². The number of nitrogens with zero attached hydrogens (tertiary/aromatic N) is 3. The molecule has 1 aromatic heterocycles. The summed E-state index contributed by atoms with van der Waals surface area (Å²) in [5, 5.41) is 11.5. The fourth-order valence-corrected chi connectivity index (χ4v) is 4.39. The number of hydrogen-bond donors (Lipinski definition) is 0. The van der Waals surface area contributed by atoms with E-state index >= 15 is 0 Å². The van der Waals surface area contributed by atoms with Crippen LogP contribution in [0, 0.1) is 10.1 Å². The quantitative estimate of drug-likeness (QED) is 0.260. The van der Waals surface area contributed by atoms with Crippen molar-refractivity contribution in [1.29, 1.82) is 0 Å². The molecule has 0 unspecified atom stereocenters. The lowest BCUT2D eigenvalue weighted by Gasteiger charge is -2.13. The predicted octanol–water partition coefficient (Wildman–Crippen LogP) is 5.93. The maximum atomic E-state index is 12.9. The third kappa shape index (κ3) is 4.36. The van der Waals surface area contributed by atoms with Gasteiger partial charge in [-0.2, -0.15) is 0 Å². The maximum absolute atomic E-state index is 12.9. The Bertz CT molecular complexity index is 1250. The molecule has 1 fully saturated rings. The monoisotopic (exact) mass is 473 g/mol. The molecule has 0 aliphatic carbocycles. The highest BCUT2D eigenvalue weighted by molar-refractivity contribution is 8.18. The third-order valence-corrected chi connectivity index (χ3v) is 6.09. The van der Waals surface area contributed by atoms with E-state index in [1.54, 1.807) is 59.3 Å². The average Bonchev–Trinajstić information content (AvgIpc) is 3.30. The molecule has 0 atom stereocenters. The molecule has 4 rings (SSSR count). The van der Waals surface area contributed by atoms with Crippen LogP contribution in [-0.2, 0) is 11.3 Å². The molecule has 1 saturated heterocycles. The van der Waals surface area contributed by atoms with E-state index in [9.17, 15) is 19.7 Å². The number of rotatable bonds is 5. The van der Waals surface area contributed by atoms with E-state index in [0.29, 0.717) is 27.0 Å². The van der Waals surface area contributed by atoms with E-state index in [0.717, 1.165) is 16.7 Å². The van der Waals surface area contributed by atoms with E-state index in [1.165, 1.54) is 12.1 Å². The summed E-state index contributed by atoms with van der Waals surface area (Å²) in [5.74, 6) is -0.437. The van der Waals surface area contributed by atoms with Crippen molar-refractivity contribution >= 4 is 57.9 Å². The average molecular weight is 474 g/mol. The summed E-state index contributed by atoms with van der Waals surface area (Å²) in [6.45, 7) is 0.0316. The number of carbonyl (C=O) groups is 2. The number of hydrogen-bond acceptors (Lipinski definition) is 5. The molecule has 3 aromatic rings. The van der Waals surface area contributed by atoms with Crippen molar-refractivity contribution in [3.8, 4) is 5.69 Å². The van der Waals surface area contributed by atoms with Gasteiger partial charge in [0.25, 0.3) is 16.8 Å². The molecule has 0 N–H and O–H groups in total. The van der Waals surface area contributed by atoms with Gasteiger partial charge in [-0.05, 0) is 53.7 Å². The third-order valence-electron chi connectivity index (χ3n) is 4.60. The van der Waals surface area contributed by atoms with Gasteiger partial charge in [0.2, 0.25) is 0 Å². The fourth-order valence-electron chi connectivity index (χ4n) is 3.09. The van der Waals surface area contributed by atoms with Crippen LogP contribution in [0.5, 0.6) is 0 Å².